The molecule has 1 atom stereocenters. The third-order valence-corrected chi connectivity index (χ3v) is 9.26. The second-order valence-corrected chi connectivity index (χ2v) is 11.8. The van der Waals surface area contributed by atoms with E-state index in [-0.39, 0.29) is 49.1 Å². The van der Waals surface area contributed by atoms with Gasteiger partial charge in [-0.2, -0.15) is 0 Å². The van der Waals surface area contributed by atoms with Gasteiger partial charge in [0.1, 0.15) is 0 Å². The highest BCUT2D eigenvalue weighted by Gasteiger charge is 2.55. The second kappa shape index (κ2) is 8.94. The molecule has 1 unspecified atom stereocenters. The van der Waals surface area contributed by atoms with Gasteiger partial charge in [0, 0.05) is 38.6 Å². The van der Waals surface area contributed by atoms with Crippen LogP contribution in [0.5, 0.6) is 0 Å². The summed E-state index contributed by atoms with van der Waals surface area (Å²) in [5.41, 5.74) is -0.487. The van der Waals surface area contributed by atoms with Crippen LogP contribution in [0.4, 0.5) is 0 Å². The third-order valence-electron chi connectivity index (χ3n) is 8.93. The van der Waals surface area contributed by atoms with E-state index in [0.717, 1.165) is 24.3 Å². The zero-order valence-electron chi connectivity index (χ0n) is 20.2. The summed E-state index contributed by atoms with van der Waals surface area (Å²) < 4.78 is 5.10. The molecule has 1 saturated heterocycles. The van der Waals surface area contributed by atoms with Crippen LogP contribution in [0.15, 0.2) is 24.3 Å². The standard InChI is InChI=1S/C27H35ClN2O4/c1-29(17-26-12-18-9-19(13-26)11-20(10-18)14-26)23(31)15-27(21-5-3-4-6-22(21)28)16-24(32)30(25(27)33)7-8-34-2/h3-6,18-20H,7-17H2,1-2H3. The Hall–Kier alpha value is -1.92. The first-order valence-corrected chi connectivity index (χ1v) is 13.0. The molecule has 0 spiro atoms. The number of hydrogen-bond donors (Lipinski definition) is 0. The zero-order chi connectivity index (χ0) is 24.1. The Kier molecular flexibility index (Phi) is 6.26. The molecule has 6 rings (SSSR count). The van der Waals surface area contributed by atoms with Crippen molar-refractivity contribution in [1.29, 1.82) is 0 Å². The predicted molar refractivity (Wildman–Crippen MR) is 129 cm³/mol. The Morgan fingerprint density at radius 1 is 1.12 bits per heavy atom. The lowest BCUT2D eigenvalue weighted by Gasteiger charge is -2.57. The summed E-state index contributed by atoms with van der Waals surface area (Å²) in [5, 5.41) is 0.411. The van der Waals surface area contributed by atoms with E-state index >= 15 is 0 Å². The third kappa shape index (κ3) is 4.07. The van der Waals surface area contributed by atoms with Crippen LogP contribution in [0.1, 0.15) is 56.9 Å². The maximum Gasteiger partial charge on any atom is 0.241 e. The van der Waals surface area contributed by atoms with Crippen molar-refractivity contribution in [1.82, 2.24) is 9.80 Å². The van der Waals surface area contributed by atoms with Crippen molar-refractivity contribution < 1.29 is 19.1 Å². The number of benzene rings is 1. The lowest BCUT2D eigenvalue weighted by molar-refractivity contribution is -0.144. The molecule has 1 aliphatic heterocycles. The molecular weight excluding hydrogens is 452 g/mol. The lowest BCUT2D eigenvalue weighted by atomic mass is 9.49. The SMILES string of the molecule is COCCN1C(=O)CC(CC(=O)N(C)CC23CC4CC(CC(C4)C2)C3)(c2ccccc2Cl)C1=O. The summed E-state index contributed by atoms with van der Waals surface area (Å²) in [5.74, 6) is 1.72. The number of ether oxygens (including phenoxy) is 1. The molecule has 4 saturated carbocycles. The summed E-state index contributed by atoms with van der Waals surface area (Å²) in [4.78, 5) is 43.3. The Labute approximate surface area is 206 Å². The van der Waals surface area contributed by atoms with Gasteiger partial charge >= 0.3 is 0 Å². The fourth-order valence-corrected chi connectivity index (χ4v) is 8.29. The Morgan fingerprint density at radius 2 is 1.74 bits per heavy atom. The molecule has 6 nitrogen and oxygen atoms in total. The molecule has 4 aliphatic carbocycles. The average Bonchev–Trinajstić information content (AvgIpc) is 3.00. The Morgan fingerprint density at radius 3 is 2.32 bits per heavy atom. The highest BCUT2D eigenvalue weighted by Crippen LogP contribution is 2.60. The lowest BCUT2D eigenvalue weighted by Crippen LogP contribution is -2.52. The van der Waals surface area contributed by atoms with Gasteiger partial charge in [-0.05, 0) is 73.3 Å². The van der Waals surface area contributed by atoms with Crippen molar-refractivity contribution in [3.8, 4) is 0 Å². The van der Waals surface area contributed by atoms with Gasteiger partial charge < -0.3 is 9.64 Å². The monoisotopic (exact) mass is 486 g/mol. The topological polar surface area (TPSA) is 66.9 Å². The summed E-state index contributed by atoms with van der Waals surface area (Å²) in [7, 11) is 3.40. The normalized spacial score (nSPS) is 34.2. The molecule has 7 heteroatoms. The van der Waals surface area contributed by atoms with Crippen molar-refractivity contribution in [3.05, 3.63) is 34.9 Å². The first-order chi connectivity index (χ1) is 16.2. The molecule has 184 valence electrons. The largest absolute Gasteiger partial charge is 0.383 e. The number of halogens is 1. The molecule has 0 N–H and O–H groups in total. The zero-order valence-corrected chi connectivity index (χ0v) is 21.0. The molecule has 0 aromatic heterocycles. The second-order valence-electron chi connectivity index (χ2n) is 11.4. The van der Waals surface area contributed by atoms with Crippen molar-refractivity contribution in [2.24, 2.45) is 23.2 Å². The Balaban J connectivity index is 1.39. The molecule has 1 aromatic rings. The summed E-state index contributed by atoms with van der Waals surface area (Å²) in [6, 6.07) is 7.10. The summed E-state index contributed by atoms with van der Waals surface area (Å²) in [6.07, 6.45) is 7.64. The fraction of sp³-hybridized carbons (Fsp3) is 0.667. The summed E-state index contributed by atoms with van der Waals surface area (Å²) in [6.45, 7) is 1.18. The first kappa shape index (κ1) is 23.8. The molecule has 4 bridgehead atoms. The van der Waals surface area contributed by atoms with Gasteiger partial charge in [0.05, 0.1) is 18.6 Å². The van der Waals surface area contributed by atoms with Gasteiger partial charge in [-0.3, -0.25) is 19.3 Å². The number of likely N-dealkylation sites (tertiary alicyclic amines) is 1. The maximum atomic E-state index is 13.7. The molecule has 0 radical (unpaired) electrons. The molecular formula is C27H35ClN2O4. The molecule has 3 amide bonds. The molecule has 1 heterocycles. The predicted octanol–water partition coefficient (Wildman–Crippen LogP) is 4.05. The van der Waals surface area contributed by atoms with E-state index in [0.29, 0.717) is 10.6 Å². The Bertz CT molecular complexity index is 959. The van der Waals surface area contributed by atoms with Crippen LogP contribution in [-0.2, 0) is 24.5 Å². The minimum atomic E-state index is -1.27. The van der Waals surface area contributed by atoms with Gasteiger partial charge in [-0.15, -0.1) is 0 Å². The molecule has 5 fully saturated rings. The van der Waals surface area contributed by atoms with Crippen LogP contribution in [0.3, 0.4) is 0 Å². The summed E-state index contributed by atoms with van der Waals surface area (Å²) >= 11 is 6.54. The van der Waals surface area contributed by atoms with Crippen molar-refractivity contribution in [2.75, 3.05) is 33.9 Å². The van der Waals surface area contributed by atoms with Crippen molar-refractivity contribution >= 4 is 29.3 Å². The van der Waals surface area contributed by atoms with E-state index in [1.54, 1.807) is 18.2 Å². The van der Waals surface area contributed by atoms with E-state index in [9.17, 15) is 14.4 Å². The van der Waals surface area contributed by atoms with Crippen LogP contribution in [-0.4, -0.2) is 61.4 Å². The minimum Gasteiger partial charge on any atom is -0.383 e. The maximum absolute atomic E-state index is 13.7. The number of imide groups is 1. The van der Waals surface area contributed by atoms with Crippen LogP contribution >= 0.6 is 11.6 Å². The van der Waals surface area contributed by atoms with E-state index in [1.807, 2.05) is 18.0 Å². The molecule has 1 aromatic carbocycles. The number of amides is 3. The highest BCUT2D eigenvalue weighted by molar-refractivity contribution is 6.32. The van der Waals surface area contributed by atoms with Gasteiger partial charge in [-0.25, -0.2) is 0 Å². The van der Waals surface area contributed by atoms with Crippen LogP contribution < -0.4 is 0 Å². The number of carbonyl (C=O) groups is 3. The number of methoxy groups -OCH3 is 1. The van der Waals surface area contributed by atoms with Crippen LogP contribution in [0, 0.1) is 23.2 Å². The van der Waals surface area contributed by atoms with Gasteiger partial charge in [0.2, 0.25) is 17.7 Å². The fourth-order valence-electron chi connectivity index (χ4n) is 7.97. The average molecular weight is 487 g/mol. The van der Waals surface area contributed by atoms with E-state index in [4.69, 9.17) is 16.3 Å². The van der Waals surface area contributed by atoms with Gasteiger partial charge in [0.25, 0.3) is 0 Å². The number of hydrogen-bond acceptors (Lipinski definition) is 4. The van der Waals surface area contributed by atoms with E-state index in [1.165, 1.54) is 50.5 Å². The smallest absolute Gasteiger partial charge is 0.241 e. The number of nitrogens with zero attached hydrogens (tertiary/aromatic N) is 2. The van der Waals surface area contributed by atoms with Crippen molar-refractivity contribution in [3.63, 3.8) is 0 Å². The number of rotatable bonds is 8. The van der Waals surface area contributed by atoms with Crippen LogP contribution in [0.25, 0.3) is 0 Å². The molecule has 5 aliphatic rings. The quantitative estimate of drug-likeness (QED) is 0.520. The highest BCUT2D eigenvalue weighted by atomic mass is 35.5. The minimum absolute atomic E-state index is 0.0454. The van der Waals surface area contributed by atoms with Crippen LogP contribution in [0.2, 0.25) is 5.02 Å². The number of carbonyl (C=O) groups excluding carboxylic acids is 3. The van der Waals surface area contributed by atoms with Gasteiger partial charge in [0.15, 0.2) is 0 Å². The van der Waals surface area contributed by atoms with Crippen molar-refractivity contribution in [2.45, 2.75) is 56.8 Å². The van der Waals surface area contributed by atoms with E-state index < -0.39 is 5.41 Å². The molecule has 34 heavy (non-hydrogen) atoms. The van der Waals surface area contributed by atoms with Gasteiger partial charge in [-0.1, -0.05) is 29.8 Å². The van der Waals surface area contributed by atoms with E-state index in [2.05, 4.69) is 0 Å². The first-order valence-electron chi connectivity index (χ1n) is 12.6.